The predicted octanol–water partition coefficient (Wildman–Crippen LogP) is 3.65. The summed E-state index contributed by atoms with van der Waals surface area (Å²) < 4.78 is 44.6. The molecule has 3 amide bonds. The van der Waals surface area contributed by atoms with Gasteiger partial charge in [-0.1, -0.05) is 39.8 Å². The monoisotopic (exact) mass is 612 g/mol. The van der Waals surface area contributed by atoms with Gasteiger partial charge in [0.1, 0.15) is 18.1 Å². The molecule has 3 fully saturated rings. The Morgan fingerprint density at radius 2 is 1.91 bits per heavy atom. The summed E-state index contributed by atoms with van der Waals surface area (Å²) in [6.07, 6.45) is 6.46. The van der Waals surface area contributed by atoms with Crippen LogP contribution in [0.15, 0.2) is 16.9 Å². The number of halogens is 3. The maximum atomic E-state index is 13.8. The van der Waals surface area contributed by atoms with Crippen LogP contribution in [0.5, 0.6) is 0 Å². The summed E-state index contributed by atoms with van der Waals surface area (Å²) in [6, 6.07) is -1.20. The first-order chi connectivity index (χ1) is 20.5. The van der Waals surface area contributed by atoms with Crippen molar-refractivity contribution in [3.63, 3.8) is 0 Å². The molecule has 2 aliphatic carbocycles. The number of terminal acetylenes is 1. The van der Waals surface area contributed by atoms with Crippen LogP contribution in [0, 0.1) is 45.3 Å². The van der Waals surface area contributed by atoms with E-state index in [2.05, 4.69) is 27.4 Å². The molecule has 2 aromatic heterocycles. The molecular formula is C31H35F3N6O4. The van der Waals surface area contributed by atoms with Gasteiger partial charge in [-0.25, -0.2) is 0 Å². The van der Waals surface area contributed by atoms with Gasteiger partial charge in [-0.15, -0.1) is 6.42 Å². The Hall–Kier alpha value is -4.13. The zero-order valence-corrected chi connectivity index (χ0v) is 25.3. The molecule has 5 atom stereocenters. The van der Waals surface area contributed by atoms with Crippen LogP contribution in [0.25, 0.3) is 11.0 Å². The molecule has 2 unspecified atom stereocenters. The number of nitrogens with zero attached hydrogens (tertiary/aromatic N) is 4. The number of aryl methyl sites for hydroxylation is 1. The van der Waals surface area contributed by atoms with E-state index >= 15 is 0 Å². The van der Waals surface area contributed by atoms with E-state index < -0.39 is 52.9 Å². The third kappa shape index (κ3) is 4.59. The highest BCUT2D eigenvalue weighted by atomic mass is 19.4. The summed E-state index contributed by atoms with van der Waals surface area (Å²) in [5, 5.41) is 19.1. The van der Waals surface area contributed by atoms with Gasteiger partial charge in [-0.05, 0) is 54.4 Å². The van der Waals surface area contributed by atoms with Crippen LogP contribution in [0.3, 0.4) is 0 Å². The van der Waals surface area contributed by atoms with Gasteiger partial charge >= 0.3 is 12.1 Å². The van der Waals surface area contributed by atoms with Crippen LogP contribution in [0.2, 0.25) is 0 Å². The van der Waals surface area contributed by atoms with Crippen molar-refractivity contribution in [2.75, 3.05) is 6.54 Å². The number of carbonyl (C=O) groups excluding carboxylic acids is 3. The van der Waals surface area contributed by atoms with Gasteiger partial charge in [0.15, 0.2) is 11.3 Å². The third-order valence-corrected chi connectivity index (χ3v) is 10.2. The normalized spacial score (nSPS) is 26.0. The van der Waals surface area contributed by atoms with E-state index in [0.717, 1.165) is 10.9 Å². The SMILES string of the molecule is C#Cc1noc2cncc(CCCCC(C#N)NC(=O)[C@H]3N(C(=O)[C@@H](NC(=O)C(F)(F)F)C(C)(C)C)C[C@@]45CC34C5(C)C)c12. The minimum atomic E-state index is -5.17. The molecule has 234 valence electrons. The number of rotatable bonds is 9. The Kier molecular flexibility index (Phi) is 7.27. The number of likely N-dealkylation sites (tertiary alicyclic amines) is 1. The maximum absolute atomic E-state index is 13.8. The molecule has 44 heavy (non-hydrogen) atoms. The Balaban J connectivity index is 1.27. The largest absolute Gasteiger partial charge is 0.471 e. The van der Waals surface area contributed by atoms with E-state index in [9.17, 15) is 32.8 Å². The highest BCUT2D eigenvalue weighted by Gasteiger charge is 3.02. The first kappa shape index (κ1) is 31.3. The molecule has 0 bridgehead atoms. The number of nitrogens with one attached hydrogen (secondary N) is 2. The summed E-state index contributed by atoms with van der Waals surface area (Å²) in [5.41, 5.74) is -0.412. The van der Waals surface area contributed by atoms with Crippen molar-refractivity contribution in [1.29, 1.82) is 5.26 Å². The van der Waals surface area contributed by atoms with Gasteiger partial charge in [0.2, 0.25) is 11.8 Å². The summed E-state index contributed by atoms with van der Waals surface area (Å²) in [4.78, 5) is 44.9. The van der Waals surface area contributed by atoms with Crippen molar-refractivity contribution in [1.82, 2.24) is 25.7 Å². The molecule has 5 rings (SSSR count). The van der Waals surface area contributed by atoms with Crippen LogP contribution in [-0.4, -0.2) is 63.6 Å². The molecule has 2 N–H and O–H groups in total. The fraction of sp³-hybridized carbons (Fsp3) is 0.613. The van der Waals surface area contributed by atoms with E-state index in [-0.39, 0.29) is 17.4 Å². The summed E-state index contributed by atoms with van der Waals surface area (Å²) >= 11 is 0. The highest BCUT2D eigenvalue weighted by Crippen LogP contribution is 3.00. The first-order valence-electron chi connectivity index (χ1n) is 14.5. The van der Waals surface area contributed by atoms with E-state index in [1.165, 1.54) is 11.1 Å². The van der Waals surface area contributed by atoms with Crippen LogP contribution in [0.1, 0.15) is 71.6 Å². The quantitative estimate of drug-likeness (QED) is 0.325. The molecule has 2 saturated carbocycles. The lowest BCUT2D eigenvalue weighted by atomic mass is 9.79. The maximum Gasteiger partial charge on any atom is 0.471 e. The molecule has 0 spiro atoms. The second-order valence-electron chi connectivity index (χ2n) is 13.8. The van der Waals surface area contributed by atoms with Gasteiger partial charge in [-0.2, -0.15) is 18.4 Å². The number of aromatic nitrogens is 2. The zero-order chi connectivity index (χ0) is 32.5. The van der Waals surface area contributed by atoms with Crippen LogP contribution in [-0.2, 0) is 20.8 Å². The molecule has 3 heterocycles. The number of hydrogen-bond acceptors (Lipinski definition) is 7. The van der Waals surface area contributed by atoms with Crippen molar-refractivity contribution < 1.29 is 32.1 Å². The number of amides is 3. The smallest absolute Gasteiger partial charge is 0.353 e. The van der Waals surface area contributed by atoms with Gasteiger partial charge < -0.3 is 20.1 Å². The standard InChI is InChI=1S/C31H35F3N6O4/c1-7-19-21-17(13-36-14-20(21)44-39-19)10-8-9-11-18(12-35)37-24(41)23-30-15-29(30,28(30,5)6)16-40(23)25(42)22(27(2,3)4)38-26(43)31(32,33)34/h1,13-14,18,22-23H,8-11,15-16H2,2-6H3,(H,37,41)(H,38,43)/t18?,22-,23-,29-,30?/m1/s1. The fourth-order valence-corrected chi connectivity index (χ4v) is 7.64. The van der Waals surface area contributed by atoms with Crippen molar-refractivity contribution >= 4 is 28.7 Å². The predicted molar refractivity (Wildman–Crippen MR) is 151 cm³/mol. The second kappa shape index (κ2) is 10.2. The Morgan fingerprint density at radius 1 is 1.20 bits per heavy atom. The minimum Gasteiger partial charge on any atom is -0.353 e. The molecule has 13 heteroatoms. The third-order valence-electron chi connectivity index (χ3n) is 10.2. The molecule has 10 nitrogen and oxygen atoms in total. The molecule has 1 saturated heterocycles. The van der Waals surface area contributed by atoms with E-state index in [0.29, 0.717) is 43.4 Å². The van der Waals surface area contributed by atoms with E-state index in [1.54, 1.807) is 27.0 Å². The zero-order valence-electron chi connectivity index (χ0n) is 25.3. The number of fused-ring (bicyclic) bond motifs is 1. The average molecular weight is 613 g/mol. The molecule has 2 aromatic rings. The highest BCUT2D eigenvalue weighted by molar-refractivity contribution is 5.96. The molecule has 1 aliphatic heterocycles. The number of pyridine rings is 1. The number of hydrogen-bond donors (Lipinski definition) is 2. The fourth-order valence-electron chi connectivity index (χ4n) is 7.64. The average Bonchev–Trinajstić information content (AvgIpc) is 3.49. The summed E-state index contributed by atoms with van der Waals surface area (Å²) in [6.45, 7) is 8.89. The number of unbranched alkanes of at least 4 members (excludes halogenated alkanes) is 1. The second-order valence-corrected chi connectivity index (χ2v) is 13.8. The number of piperidine rings is 2. The Morgan fingerprint density at radius 3 is 2.50 bits per heavy atom. The van der Waals surface area contributed by atoms with E-state index in [1.807, 2.05) is 19.2 Å². The molecular weight excluding hydrogens is 577 g/mol. The van der Waals surface area contributed by atoms with Crippen molar-refractivity contribution in [3.05, 3.63) is 23.7 Å². The van der Waals surface area contributed by atoms with Gasteiger partial charge in [0, 0.05) is 23.6 Å². The topological polar surface area (TPSA) is 141 Å². The van der Waals surface area contributed by atoms with Gasteiger partial charge in [-0.3, -0.25) is 19.4 Å². The minimum absolute atomic E-state index is 0.199. The Labute approximate surface area is 253 Å². The summed E-state index contributed by atoms with van der Waals surface area (Å²) in [7, 11) is 0. The van der Waals surface area contributed by atoms with Crippen LogP contribution in [0.4, 0.5) is 13.2 Å². The van der Waals surface area contributed by atoms with Gasteiger partial charge in [0.25, 0.3) is 0 Å². The van der Waals surface area contributed by atoms with Crippen molar-refractivity contribution in [2.24, 2.45) is 21.7 Å². The lowest BCUT2D eigenvalue weighted by Gasteiger charge is -2.42. The lowest BCUT2D eigenvalue weighted by molar-refractivity contribution is -0.176. The van der Waals surface area contributed by atoms with Gasteiger partial charge in [0.05, 0.1) is 17.7 Å². The first-order valence-corrected chi connectivity index (χ1v) is 14.5. The van der Waals surface area contributed by atoms with Crippen LogP contribution >= 0.6 is 0 Å². The van der Waals surface area contributed by atoms with Crippen molar-refractivity contribution in [2.45, 2.75) is 91.0 Å². The summed E-state index contributed by atoms with van der Waals surface area (Å²) in [5.74, 6) is -0.973. The van der Waals surface area contributed by atoms with Crippen molar-refractivity contribution in [3.8, 4) is 18.4 Å². The van der Waals surface area contributed by atoms with E-state index in [4.69, 9.17) is 10.9 Å². The molecule has 0 radical (unpaired) electrons. The number of carbonyl (C=O) groups is 3. The Bertz CT molecular complexity index is 1610. The lowest BCUT2D eigenvalue weighted by Crippen LogP contribution is -2.63. The molecule has 3 aliphatic rings. The number of alkyl halides is 3. The van der Waals surface area contributed by atoms with Crippen LogP contribution < -0.4 is 10.6 Å². The molecule has 0 aromatic carbocycles. The number of nitriles is 1.